The summed E-state index contributed by atoms with van der Waals surface area (Å²) in [4.78, 5) is 29.6. The van der Waals surface area contributed by atoms with Gasteiger partial charge in [-0.1, -0.05) is 19.1 Å². The summed E-state index contributed by atoms with van der Waals surface area (Å²) >= 11 is 0. The fraction of sp³-hybridized carbons (Fsp3) is 0.526. The van der Waals surface area contributed by atoms with Crippen LogP contribution in [-0.2, 0) is 11.3 Å². The molecular formula is C19H32IN5O2. The van der Waals surface area contributed by atoms with E-state index in [1.807, 2.05) is 38.1 Å². The van der Waals surface area contributed by atoms with Crippen molar-refractivity contribution < 1.29 is 9.59 Å². The second kappa shape index (κ2) is 14.2. The third-order valence-electron chi connectivity index (χ3n) is 3.59. The Kier molecular flexibility index (Phi) is 13.3. The molecule has 0 bridgehead atoms. The summed E-state index contributed by atoms with van der Waals surface area (Å²) in [5.74, 6) is 0.692. The van der Waals surface area contributed by atoms with E-state index in [4.69, 9.17) is 0 Å². The van der Waals surface area contributed by atoms with Gasteiger partial charge in [-0.15, -0.1) is 24.0 Å². The molecule has 1 aromatic rings. The molecule has 0 atom stereocenters. The van der Waals surface area contributed by atoms with Crippen molar-refractivity contribution in [1.29, 1.82) is 0 Å². The molecule has 27 heavy (non-hydrogen) atoms. The molecule has 0 fully saturated rings. The molecule has 0 unspecified atom stereocenters. The topological polar surface area (TPSA) is 85.8 Å². The lowest BCUT2D eigenvalue weighted by molar-refractivity contribution is -0.120. The first-order valence-electron chi connectivity index (χ1n) is 9.07. The van der Waals surface area contributed by atoms with E-state index < -0.39 is 0 Å². The Hall–Kier alpha value is -1.84. The fourth-order valence-corrected chi connectivity index (χ4v) is 2.17. The predicted molar refractivity (Wildman–Crippen MR) is 121 cm³/mol. The Morgan fingerprint density at radius 3 is 2.22 bits per heavy atom. The fourth-order valence-electron chi connectivity index (χ4n) is 2.17. The van der Waals surface area contributed by atoms with E-state index in [0.29, 0.717) is 37.6 Å². The van der Waals surface area contributed by atoms with Gasteiger partial charge in [-0.3, -0.25) is 9.59 Å². The number of halogens is 1. The number of benzene rings is 1. The minimum absolute atomic E-state index is 0. The first-order valence-corrected chi connectivity index (χ1v) is 9.07. The van der Waals surface area contributed by atoms with Crippen LogP contribution >= 0.6 is 24.0 Å². The minimum Gasteiger partial charge on any atom is -0.357 e. The van der Waals surface area contributed by atoms with Gasteiger partial charge >= 0.3 is 0 Å². The largest absolute Gasteiger partial charge is 0.357 e. The maximum atomic E-state index is 11.9. The molecule has 0 radical (unpaired) electrons. The Morgan fingerprint density at radius 1 is 1.00 bits per heavy atom. The predicted octanol–water partition coefficient (Wildman–Crippen LogP) is 1.98. The number of aliphatic imine (C=N–C) groups is 1. The van der Waals surface area contributed by atoms with Crippen LogP contribution in [0.25, 0.3) is 0 Å². The van der Waals surface area contributed by atoms with Crippen LogP contribution in [0.4, 0.5) is 0 Å². The minimum atomic E-state index is -0.0172. The molecule has 0 saturated carbocycles. The maximum Gasteiger partial charge on any atom is 0.253 e. The van der Waals surface area contributed by atoms with Gasteiger partial charge in [-0.2, -0.15) is 0 Å². The zero-order chi connectivity index (χ0) is 19.4. The summed E-state index contributed by atoms with van der Waals surface area (Å²) in [7, 11) is 3.47. The Bertz CT molecular complexity index is 603. The zero-order valence-electron chi connectivity index (χ0n) is 16.7. The highest BCUT2D eigenvalue weighted by Gasteiger charge is 2.07. The molecule has 0 aliphatic carbocycles. The van der Waals surface area contributed by atoms with E-state index in [0.717, 1.165) is 18.5 Å². The highest BCUT2D eigenvalue weighted by Crippen LogP contribution is 2.07. The number of nitrogens with one attached hydrogen (secondary N) is 3. The summed E-state index contributed by atoms with van der Waals surface area (Å²) in [6, 6.07) is 7.43. The zero-order valence-corrected chi connectivity index (χ0v) is 19.0. The van der Waals surface area contributed by atoms with Gasteiger partial charge in [-0.25, -0.2) is 4.99 Å². The van der Waals surface area contributed by atoms with Gasteiger partial charge in [0.15, 0.2) is 5.96 Å². The normalized spacial score (nSPS) is 10.6. The molecule has 0 aromatic heterocycles. The highest BCUT2D eigenvalue weighted by atomic mass is 127. The smallest absolute Gasteiger partial charge is 0.253 e. The standard InChI is InChI=1S/C19H31N5O2.HI/c1-5-12-21-17(25)11-13-22-19(20-6-2)23-14-15-7-9-16(10-8-15)18(26)24(3)4;/h7-10H,5-6,11-14H2,1-4H3,(H,21,25)(H2,20,22,23);1H. The molecule has 7 nitrogen and oxygen atoms in total. The summed E-state index contributed by atoms with van der Waals surface area (Å²) in [5.41, 5.74) is 1.67. The molecular weight excluding hydrogens is 457 g/mol. The summed E-state index contributed by atoms with van der Waals surface area (Å²) in [6.45, 7) is 6.49. The molecule has 1 aromatic carbocycles. The van der Waals surface area contributed by atoms with E-state index in [-0.39, 0.29) is 35.8 Å². The maximum absolute atomic E-state index is 11.9. The van der Waals surface area contributed by atoms with E-state index in [1.165, 1.54) is 0 Å². The molecule has 0 spiro atoms. The van der Waals surface area contributed by atoms with Crippen molar-refractivity contribution in [2.75, 3.05) is 33.7 Å². The van der Waals surface area contributed by atoms with Gasteiger partial charge in [0.1, 0.15) is 0 Å². The van der Waals surface area contributed by atoms with Crippen molar-refractivity contribution in [3.63, 3.8) is 0 Å². The van der Waals surface area contributed by atoms with Crippen LogP contribution in [-0.4, -0.2) is 56.4 Å². The van der Waals surface area contributed by atoms with Gasteiger partial charge in [0.25, 0.3) is 5.91 Å². The third-order valence-corrected chi connectivity index (χ3v) is 3.59. The van der Waals surface area contributed by atoms with Crippen molar-refractivity contribution in [2.24, 2.45) is 4.99 Å². The van der Waals surface area contributed by atoms with Crippen molar-refractivity contribution in [1.82, 2.24) is 20.9 Å². The Morgan fingerprint density at radius 2 is 1.67 bits per heavy atom. The van der Waals surface area contributed by atoms with E-state index >= 15 is 0 Å². The lowest BCUT2D eigenvalue weighted by Crippen LogP contribution is -2.39. The lowest BCUT2D eigenvalue weighted by atomic mass is 10.1. The van der Waals surface area contributed by atoms with Crippen LogP contribution < -0.4 is 16.0 Å². The Balaban J connectivity index is 0.00000676. The second-order valence-corrected chi connectivity index (χ2v) is 6.12. The number of rotatable bonds is 9. The summed E-state index contributed by atoms with van der Waals surface area (Å²) < 4.78 is 0. The monoisotopic (exact) mass is 489 g/mol. The van der Waals surface area contributed by atoms with Gasteiger partial charge in [0.05, 0.1) is 6.54 Å². The first-order chi connectivity index (χ1) is 12.5. The van der Waals surface area contributed by atoms with E-state index in [1.54, 1.807) is 19.0 Å². The quantitative estimate of drug-likeness (QED) is 0.282. The van der Waals surface area contributed by atoms with Crippen LogP contribution in [0.5, 0.6) is 0 Å². The SMILES string of the molecule is CCCNC(=O)CCNC(=NCc1ccc(C(=O)N(C)C)cc1)NCC.I. The number of carbonyl (C=O) groups excluding carboxylic acids is 2. The van der Waals surface area contributed by atoms with Crippen molar-refractivity contribution in [3.05, 3.63) is 35.4 Å². The molecule has 8 heteroatoms. The van der Waals surface area contributed by atoms with E-state index in [2.05, 4.69) is 20.9 Å². The molecule has 1 rings (SSSR count). The molecule has 152 valence electrons. The Labute approximate surface area is 179 Å². The number of hydrogen-bond acceptors (Lipinski definition) is 3. The molecule has 0 aliphatic heterocycles. The average molecular weight is 489 g/mol. The molecule has 0 heterocycles. The summed E-state index contributed by atoms with van der Waals surface area (Å²) in [6.07, 6.45) is 1.34. The van der Waals surface area contributed by atoms with Gasteiger partial charge < -0.3 is 20.9 Å². The number of carbonyl (C=O) groups is 2. The van der Waals surface area contributed by atoms with Gasteiger partial charge in [-0.05, 0) is 31.0 Å². The number of hydrogen-bond donors (Lipinski definition) is 3. The first kappa shape index (κ1) is 25.2. The average Bonchev–Trinajstić information content (AvgIpc) is 2.64. The van der Waals surface area contributed by atoms with Crippen LogP contribution in [0, 0.1) is 0 Å². The van der Waals surface area contributed by atoms with Crippen LogP contribution in [0.3, 0.4) is 0 Å². The van der Waals surface area contributed by atoms with Crippen molar-refractivity contribution >= 4 is 41.8 Å². The highest BCUT2D eigenvalue weighted by molar-refractivity contribution is 14.0. The molecule has 0 saturated heterocycles. The molecule has 2 amide bonds. The summed E-state index contributed by atoms with van der Waals surface area (Å²) in [5, 5.41) is 9.17. The van der Waals surface area contributed by atoms with Crippen molar-refractivity contribution in [2.45, 2.75) is 33.2 Å². The van der Waals surface area contributed by atoms with Crippen LogP contribution in [0.2, 0.25) is 0 Å². The van der Waals surface area contributed by atoms with Crippen LogP contribution in [0.1, 0.15) is 42.6 Å². The second-order valence-electron chi connectivity index (χ2n) is 6.12. The van der Waals surface area contributed by atoms with Crippen molar-refractivity contribution in [3.8, 4) is 0 Å². The molecule has 3 N–H and O–H groups in total. The number of guanidine groups is 1. The van der Waals surface area contributed by atoms with Gasteiger partial charge in [0.2, 0.25) is 5.91 Å². The number of nitrogens with zero attached hydrogens (tertiary/aromatic N) is 2. The van der Waals surface area contributed by atoms with Crippen LogP contribution in [0.15, 0.2) is 29.3 Å². The molecule has 0 aliphatic rings. The number of amides is 2. The third kappa shape index (κ3) is 10.2. The van der Waals surface area contributed by atoms with E-state index in [9.17, 15) is 9.59 Å². The lowest BCUT2D eigenvalue weighted by Gasteiger charge is -2.12. The van der Waals surface area contributed by atoms with Gasteiger partial charge in [0, 0.05) is 45.7 Å².